The van der Waals surface area contributed by atoms with E-state index in [1.807, 2.05) is 11.3 Å². The molecule has 0 unspecified atom stereocenters. The Kier molecular flexibility index (Phi) is 13.3. The minimum atomic E-state index is 0.164. The Morgan fingerprint density at radius 3 is 1.69 bits per heavy atom. The van der Waals surface area contributed by atoms with E-state index < -0.39 is 0 Å². The molecule has 0 radical (unpaired) electrons. The van der Waals surface area contributed by atoms with Crippen LogP contribution in [0.4, 0.5) is 0 Å². The Balaban J connectivity index is 1.66. The van der Waals surface area contributed by atoms with Crippen LogP contribution >= 0.6 is 11.3 Å². The molecule has 0 amide bonds. The van der Waals surface area contributed by atoms with Gasteiger partial charge in [-0.15, -0.1) is 11.3 Å². The molecule has 230 valence electrons. The molecular formula is C41H60S. The molecule has 42 heavy (non-hydrogen) atoms. The topological polar surface area (TPSA) is 0 Å². The van der Waals surface area contributed by atoms with E-state index in [0.717, 1.165) is 0 Å². The number of aryl methyl sites for hydroxylation is 3. The van der Waals surface area contributed by atoms with Gasteiger partial charge >= 0.3 is 0 Å². The standard InChI is InChI=1S/C41H60S/c1-6-9-12-15-17-20-27-41(28-21-18-16-13-10-7-2)38-29-32(4)23-25-36(38)37-26-24-35(30-39(37)41)40-31-34(33(5)42-40)22-19-14-11-8-3/h23-26,29-31H,6-22,27-28H2,1-5H3. The van der Waals surface area contributed by atoms with Gasteiger partial charge < -0.3 is 0 Å². The van der Waals surface area contributed by atoms with Gasteiger partial charge in [0.25, 0.3) is 0 Å². The third-order valence-corrected chi connectivity index (χ3v) is 11.2. The fraction of sp³-hybridized carbons (Fsp3) is 0.610. The van der Waals surface area contributed by atoms with Crippen LogP contribution in [0.15, 0.2) is 42.5 Å². The molecular weight excluding hydrogens is 525 g/mol. The average Bonchev–Trinajstić information content (AvgIpc) is 3.49. The lowest BCUT2D eigenvalue weighted by Crippen LogP contribution is -2.25. The first-order valence-electron chi connectivity index (χ1n) is 17.9. The fourth-order valence-corrected chi connectivity index (χ4v) is 8.56. The van der Waals surface area contributed by atoms with Gasteiger partial charge in [-0.05, 0) is 85.0 Å². The van der Waals surface area contributed by atoms with E-state index in [2.05, 4.69) is 77.1 Å². The van der Waals surface area contributed by atoms with Crippen LogP contribution in [-0.4, -0.2) is 0 Å². The fourth-order valence-electron chi connectivity index (χ4n) is 7.49. The van der Waals surface area contributed by atoms with Crippen molar-refractivity contribution in [3.8, 4) is 21.6 Å². The molecule has 2 aromatic carbocycles. The maximum absolute atomic E-state index is 2.64. The van der Waals surface area contributed by atoms with E-state index >= 15 is 0 Å². The molecule has 0 N–H and O–H groups in total. The Morgan fingerprint density at radius 1 is 0.548 bits per heavy atom. The molecule has 4 rings (SSSR count). The van der Waals surface area contributed by atoms with E-state index in [1.54, 1.807) is 16.7 Å². The third-order valence-electron chi connectivity index (χ3n) is 10.0. The second-order valence-corrected chi connectivity index (χ2v) is 14.7. The Hall–Kier alpha value is -1.86. The van der Waals surface area contributed by atoms with Crippen molar-refractivity contribution in [2.24, 2.45) is 0 Å². The van der Waals surface area contributed by atoms with Crippen LogP contribution < -0.4 is 0 Å². The number of thiophene rings is 1. The van der Waals surface area contributed by atoms with Gasteiger partial charge in [-0.3, -0.25) is 0 Å². The maximum Gasteiger partial charge on any atom is 0.0348 e. The summed E-state index contributed by atoms with van der Waals surface area (Å²) in [7, 11) is 0. The normalized spacial score (nSPS) is 13.5. The molecule has 1 aliphatic rings. The van der Waals surface area contributed by atoms with Gasteiger partial charge in [0.15, 0.2) is 0 Å². The summed E-state index contributed by atoms with van der Waals surface area (Å²) in [5.74, 6) is 0. The minimum Gasteiger partial charge on any atom is -0.140 e. The van der Waals surface area contributed by atoms with E-state index in [0.29, 0.717) is 0 Å². The molecule has 0 fully saturated rings. The van der Waals surface area contributed by atoms with Crippen molar-refractivity contribution in [2.45, 2.75) is 162 Å². The van der Waals surface area contributed by atoms with Crippen LogP contribution in [0.2, 0.25) is 0 Å². The molecule has 0 nitrogen and oxygen atoms in total. The molecule has 0 aliphatic heterocycles. The van der Waals surface area contributed by atoms with E-state index in [9.17, 15) is 0 Å². The quantitative estimate of drug-likeness (QED) is 0.116. The zero-order chi connectivity index (χ0) is 29.8. The van der Waals surface area contributed by atoms with Crippen molar-refractivity contribution < 1.29 is 0 Å². The van der Waals surface area contributed by atoms with E-state index in [1.165, 1.54) is 154 Å². The lowest BCUT2D eigenvalue weighted by molar-refractivity contribution is 0.398. The summed E-state index contributed by atoms with van der Waals surface area (Å²) in [6.07, 6.45) is 25.6. The lowest BCUT2D eigenvalue weighted by Gasteiger charge is -2.33. The molecule has 0 spiro atoms. The van der Waals surface area contributed by atoms with Crippen LogP contribution in [0.1, 0.15) is 163 Å². The second-order valence-electron chi connectivity index (χ2n) is 13.4. The molecule has 1 heterocycles. The van der Waals surface area contributed by atoms with Crippen LogP contribution in [0.5, 0.6) is 0 Å². The summed E-state index contributed by atoms with van der Waals surface area (Å²) >= 11 is 2.02. The van der Waals surface area contributed by atoms with Crippen molar-refractivity contribution in [1.82, 2.24) is 0 Å². The van der Waals surface area contributed by atoms with Crippen molar-refractivity contribution >= 4 is 11.3 Å². The Bertz CT molecular complexity index is 1210. The van der Waals surface area contributed by atoms with Gasteiger partial charge in [0.2, 0.25) is 0 Å². The second kappa shape index (κ2) is 16.8. The number of fused-ring (bicyclic) bond motifs is 3. The minimum absolute atomic E-state index is 0.164. The third kappa shape index (κ3) is 8.19. The molecule has 0 atom stereocenters. The highest BCUT2D eigenvalue weighted by atomic mass is 32.1. The largest absolute Gasteiger partial charge is 0.140 e. The van der Waals surface area contributed by atoms with Gasteiger partial charge in [0.1, 0.15) is 0 Å². The summed E-state index contributed by atoms with van der Waals surface area (Å²) in [5, 5.41) is 0. The average molecular weight is 585 g/mol. The molecule has 1 heteroatoms. The van der Waals surface area contributed by atoms with Gasteiger partial charge in [-0.1, -0.05) is 153 Å². The van der Waals surface area contributed by atoms with Gasteiger partial charge in [0, 0.05) is 15.2 Å². The first kappa shape index (κ1) is 33.0. The highest BCUT2D eigenvalue weighted by Crippen LogP contribution is 2.55. The SMILES string of the molecule is CCCCCCCCC1(CCCCCCCC)c2cc(C)ccc2-c2ccc(-c3cc(CCCCCC)c(C)s3)cc21. The summed E-state index contributed by atoms with van der Waals surface area (Å²) in [6, 6.07) is 17.4. The Labute approximate surface area is 263 Å². The summed E-state index contributed by atoms with van der Waals surface area (Å²) in [6.45, 7) is 11.6. The van der Waals surface area contributed by atoms with Crippen LogP contribution in [-0.2, 0) is 11.8 Å². The van der Waals surface area contributed by atoms with E-state index in [4.69, 9.17) is 0 Å². The number of unbranched alkanes of at least 4 members (excludes halogenated alkanes) is 13. The smallest absolute Gasteiger partial charge is 0.0348 e. The van der Waals surface area contributed by atoms with Crippen molar-refractivity contribution in [2.75, 3.05) is 0 Å². The van der Waals surface area contributed by atoms with Crippen molar-refractivity contribution in [3.63, 3.8) is 0 Å². The van der Waals surface area contributed by atoms with Crippen LogP contribution in [0.25, 0.3) is 21.6 Å². The van der Waals surface area contributed by atoms with Gasteiger partial charge in [-0.25, -0.2) is 0 Å². The highest BCUT2D eigenvalue weighted by molar-refractivity contribution is 7.15. The monoisotopic (exact) mass is 584 g/mol. The first-order chi connectivity index (χ1) is 20.5. The summed E-state index contributed by atoms with van der Waals surface area (Å²) in [5.41, 5.74) is 10.9. The van der Waals surface area contributed by atoms with Gasteiger partial charge in [-0.2, -0.15) is 0 Å². The highest BCUT2D eigenvalue weighted by Gasteiger charge is 2.42. The zero-order valence-corrected chi connectivity index (χ0v) is 28.7. The van der Waals surface area contributed by atoms with Crippen molar-refractivity contribution in [1.29, 1.82) is 0 Å². The lowest BCUT2D eigenvalue weighted by atomic mass is 9.70. The number of rotatable bonds is 20. The maximum atomic E-state index is 2.64. The van der Waals surface area contributed by atoms with Crippen LogP contribution in [0, 0.1) is 13.8 Å². The molecule has 0 saturated heterocycles. The predicted molar refractivity (Wildman–Crippen MR) is 189 cm³/mol. The molecule has 1 aliphatic carbocycles. The molecule has 0 saturated carbocycles. The van der Waals surface area contributed by atoms with Gasteiger partial charge in [0.05, 0.1) is 0 Å². The van der Waals surface area contributed by atoms with E-state index in [-0.39, 0.29) is 5.41 Å². The summed E-state index contributed by atoms with van der Waals surface area (Å²) < 4.78 is 0. The number of hydrogen-bond acceptors (Lipinski definition) is 1. The number of hydrogen-bond donors (Lipinski definition) is 0. The molecule has 3 aromatic rings. The predicted octanol–water partition coefficient (Wildman–Crippen LogP) is 13.9. The molecule has 0 bridgehead atoms. The molecule has 1 aromatic heterocycles. The summed E-state index contributed by atoms with van der Waals surface area (Å²) in [4.78, 5) is 2.99. The Morgan fingerprint density at radius 2 is 1.07 bits per heavy atom. The van der Waals surface area contributed by atoms with Crippen molar-refractivity contribution in [3.05, 3.63) is 69.6 Å². The zero-order valence-electron chi connectivity index (χ0n) is 27.9. The first-order valence-corrected chi connectivity index (χ1v) is 18.7. The number of benzene rings is 2. The van der Waals surface area contributed by atoms with Crippen LogP contribution in [0.3, 0.4) is 0 Å².